The third-order valence-electron chi connectivity index (χ3n) is 3.02. The maximum atomic E-state index is 10.4. The van der Waals surface area contributed by atoms with E-state index in [9.17, 15) is 5.11 Å². The lowest BCUT2D eigenvalue weighted by Gasteiger charge is -2.10. The standard InChI is InChI=1S/C12H17ClN4OS/c1-4-5-8-12(19-16-14-8)10(18)6-9-11(13)7(2)15-17(9)3/h10,18H,4-6H2,1-3H3. The molecule has 2 aromatic heterocycles. The van der Waals surface area contributed by atoms with Gasteiger partial charge in [0.15, 0.2) is 0 Å². The zero-order valence-electron chi connectivity index (χ0n) is 11.2. The topological polar surface area (TPSA) is 63.8 Å². The van der Waals surface area contributed by atoms with E-state index in [1.54, 1.807) is 4.68 Å². The van der Waals surface area contributed by atoms with E-state index >= 15 is 0 Å². The second-order valence-corrected chi connectivity index (χ2v) is 5.69. The molecule has 19 heavy (non-hydrogen) atoms. The highest BCUT2D eigenvalue weighted by molar-refractivity contribution is 7.05. The Labute approximate surface area is 121 Å². The van der Waals surface area contributed by atoms with E-state index < -0.39 is 6.10 Å². The van der Waals surface area contributed by atoms with Crippen LogP contribution in [0.25, 0.3) is 0 Å². The summed E-state index contributed by atoms with van der Waals surface area (Å²) in [5, 5.41) is 19.3. The van der Waals surface area contributed by atoms with Crippen LogP contribution in [0.1, 0.15) is 41.4 Å². The van der Waals surface area contributed by atoms with Crippen molar-refractivity contribution < 1.29 is 5.11 Å². The molecule has 5 nitrogen and oxygen atoms in total. The number of hydrogen-bond donors (Lipinski definition) is 1. The van der Waals surface area contributed by atoms with Gasteiger partial charge in [-0.15, -0.1) is 5.10 Å². The predicted molar refractivity (Wildman–Crippen MR) is 75.5 cm³/mol. The van der Waals surface area contributed by atoms with E-state index in [4.69, 9.17) is 11.6 Å². The van der Waals surface area contributed by atoms with Gasteiger partial charge in [-0.1, -0.05) is 29.4 Å². The van der Waals surface area contributed by atoms with Gasteiger partial charge in [-0.05, 0) is 24.9 Å². The van der Waals surface area contributed by atoms with Crippen LogP contribution in [-0.4, -0.2) is 24.5 Å². The Bertz CT molecular complexity index is 566. The number of nitrogens with zero attached hydrogens (tertiary/aromatic N) is 4. The smallest absolute Gasteiger partial charge is 0.0972 e. The van der Waals surface area contributed by atoms with Gasteiger partial charge < -0.3 is 5.11 Å². The number of rotatable bonds is 5. The minimum atomic E-state index is -0.631. The zero-order chi connectivity index (χ0) is 14.0. The molecule has 0 saturated carbocycles. The molecule has 0 aliphatic carbocycles. The molecule has 0 radical (unpaired) electrons. The average Bonchev–Trinajstić information content (AvgIpc) is 2.91. The first-order chi connectivity index (χ1) is 9.04. The highest BCUT2D eigenvalue weighted by atomic mass is 35.5. The van der Waals surface area contributed by atoms with Gasteiger partial charge in [-0.3, -0.25) is 4.68 Å². The maximum Gasteiger partial charge on any atom is 0.0972 e. The predicted octanol–water partition coefficient (Wildman–Crippen LogP) is 2.46. The lowest BCUT2D eigenvalue weighted by atomic mass is 10.1. The summed E-state index contributed by atoms with van der Waals surface area (Å²) in [4.78, 5) is 0.830. The Morgan fingerprint density at radius 2 is 2.21 bits per heavy atom. The molecular weight excluding hydrogens is 284 g/mol. The van der Waals surface area contributed by atoms with Crippen LogP contribution in [0.4, 0.5) is 0 Å². The van der Waals surface area contributed by atoms with Crippen molar-refractivity contribution in [2.75, 3.05) is 0 Å². The van der Waals surface area contributed by atoms with Gasteiger partial charge in [0.2, 0.25) is 0 Å². The first kappa shape index (κ1) is 14.4. The molecule has 0 bridgehead atoms. The van der Waals surface area contributed by atoms with Gasteiger partial charge in [0.05, 0.1) is 33.1 Å². The Kier molecular flexibility index (Phi) is 4.54. The van der Waals surface area contributed by atoms with Crippen LogP contribution >= 0.6 is 23.1 Å². The molecule has 0 aliphatic heterocycles. The molecule has 0 spiro atoms. The molecule has 0 aromatic carbocycles. The first-order valence-electron chi connectivity index (χ1n) is 6.21. The average molecular weight is 301 g/mol. The van der Waals surface area contributed by atoms with Crippen LogP contribution in [0.5, 0.6) is 0 Å². The molecule has 2 aromatic rings. The minimum absolute atomic E-state index is 0.427. The van der Waals surface area contributed by atoms with E-state index in [0.717, 1.165) is 34.8 Å². The van der Waals surface area contributed by atoms with E-state index in [0.29, 0.717) is 11.4 Å². The molecule has 7 heteroatoms. The summed E-state index contributed by atoms with van der Waals surface area (Å²) in [6.07, 6.45) is 1.61. The zero-order valence-corrected chi connectivity index (χ0v) is 12.8. The fourth-order valence-electron chi connectivity index (χ4n) is 2.06. The Balaban J connectivity index is 2.20. The van der Waals surface area contributed by atoms with Gasteiger partial charge in [-0.2, -0.15) is 5.10 Å². The molecule has 1 atom stereocenters. The number of aryl methyl sites for hydroxylation is 3. The number of aliphatic hydroxyl groups excluding tert-OH is 1. The van der Waals surface area contributed by atoms with Crippen molar-refractivity contribution in [2.45, 2.75) is 39.2 Å². The van der Waals surface area contributed by atoms with Crippen LogP contribution in [0.3, 0.4) is 0 Å². The van der Waals surface area contributed by atoms with Crippen molar-refractivity contribution in [1.29, 1.82) is 0 Å². The van der Waals surface area contributed by atoms with Crippen LogP contribution in [0, 0.1) is 6.92 Å². The maximum absolute atomic E-state index is 10.4. The van der Waals surface area contributed by atoms with E-state index in [-0.39, 0.29) is 0 Å². The summed E-state index contributed by atoms with van der Waals surface area (Å²) in [5.41, 5.74) is 2.50. The molecule has 0 aliphatic rings. The quantitative estimate of drug-likeness (QED) is 0.921. The molecule has 0 fully saturated rings. The molecule has 2 rings (SSSR count). The molecule has 0 saturated heterocycles. The largest absolute Gasteiger partial charge is 0.387 e. The summed E-state index contributed by atoms with van der Waals surface area (Å²) >= 11 is 7.45. The number of aliphatic hydroxyl groups is 1. The van der Waals surface area contributed by atoms with Crippen LogP contribution in [-0.2, 0) is 19.9 Å². The van der Waals surface area contributed by atoms with Crippen molar-refractivity contribution >= 4 is 23.1 Å². The Hall–Kier alpha value is -0.980. The van der Waals surface area contributed by atoms with E-state index in [1.165, 1.54) is 11.5 Å². The molecular formula is C12H17ClN4OS. The van der Waals surface area contributed by atoms with Crippen LogP contribution < -0.4 is 0 Å². The highest BCUT2D eigenvalue weighted by Gasteiger charge is 2.21. The lowest BCUT2D eigenvalue weighted by molar-refractivity contribution is 0.178. The number of hydrogen-bond acceptors (Lipinski definition) is 5. The lowest BCUT2D eigenvalue weighted by Crippen LogP contribution is -2.07. The fraction of sp³-hybridized carbons (Fsp3) is 0.583. The Morgan fingerprint density at radius 1 is 1.47 bits per heavy atom. The molecule has 1 N–H and O–H groups in total. The van der Waals surface area contributed by atoms with Crippen molar-refractivity contribution in [3.05, 3.63) is 27.0 Å². The van der Waals surface area contributed by atoms with Crippen molar-refractivity contribution in [3.8, 4) is 0 Å². The fourth-order valence-corrected chi connectivity index (χ4v) is 2.97. The summed E-state index contributed by atoms with van der Waals surface area (Å²) in [6, 6.07) is 0. The summed E-state index contributed by atoms with van der Waals surface area (Å²) in [7, 11) is 1.83. The molecule has 2 heterocycles. The van der Waals surface area contributed by atoms with Crippen LogP contribution in [0.2, 0.25) is 5.02 Å². The summed E-state index contributed by atoms with van der Waals surface area (Å²) in [5.74, 6) is 0. The van der Waals surface area contributed by atoms with Gasteiger partial charge in [-0.25, -0.2) is 0 Å². The molecule has 0 amide bonds. The Morgan fingerprint density at radius 3 is 2.79 bits per heavy atom. The third kappa shape index (κ3) is 2.96. The summed E-state index contributed by atoms with van der Waals surface area (Å²) in [6.45, 7) is 3.94. The van der Waals surface area contributed by atoms with Gasteiger partial charge >= 0.3 is 0 Å². The van der Waals surface area contributed by atoms with Gasteiger partial charge in [0.1, 0.15) is 0 Å². The normalized spacial score (nSPS) is 12.9. The SMILES string of the molecule is CCCc1nnsc1C(O)Cc1c(Cl)c(C)nn1C. The minimum Gasteiger partial charge on any atom is -0.387 e. The highest BCUT2D eigenvalue weighted by Crippen LogP contribution is 2.28. The van der Waals surface area contributed by atoms with Crippen LogP contribution in [0.15, 0.2) is 0 Å². The van der Waals surface area contributed by atoms with E-state index in [2.05, 4.69) is 21.6 Å². The molecule has 104 valence electrons. The second kappa shape index (κ2) is 5.98. The van der Waals surface area contributed by atoms with Crippen molar-refractivity contribution in [3.63, 3.8) is 0 Å². The second-order valence-electron chi connectivity index (χ2n) is 4.52. The van der Waals surface area contributed by atoms with Gasteiger partial charge in [0.25, 0.3) is 0 Å². The monoisotopic (exact) mass is 300 g/mol. The number of halogens is 1. The van der Waals surface area contributed by atoms with Crippen molar-refractivity contribution in [2.24, 2.45) is 7.05 Å². The number of aromatic nitrogens is 4. The first-order valence-corrected chi connectivity index (χ1v) is 7.36. The summed E-state index contributed by atoms with van der Waals surface area (Å²) < 4.78 is 5.65. The molecule has 1 unspecified atom stereocenters. The van der Waals surface area contributed by atoms with Crippen molar-refractivity contribution in [1.82, 2.24) is 19.4 Å². The third-order valence-corrected chi connectivity index (χ3v) is 4.38. The van der Waals surface area contributed by atoms with E-state index in [1.807, 2.05) is 14.0 Å². The van der Waals surface area contributed by atoms with Gasteiger partial charge in [0, 0.05) is 13.5 Å².